The number of carbonyl (C=O) groups excluding carboxylic acids is 1. The van der Waals surface area contributed by atoms with Gasteiger partial charge in [0.05, 0.1) is 5.69 Å². The van der Waals surface area contributed by atoms with Gasteiger partial charge in [0.25, 0.3) is 0 Å². The highest BCUT2D eigenvalue weighted by molar-refractivity contribution is 9.10. The second-order valence-electron chi connectivity index (χ2n) is 4.78. The number of para-hydroxylation sites is 1. The Labute approximate surface area is 139 Å². The largest absolute Gasteiger partial charge is 0.372 e. The fraction of sp³-hybridized carbons (Fsp3) is 0.235. The van der Waals surface area contributed by atoms with Gasteiger partial charge in [-0.1, -0.05) is 12.1 Å². The van der Waals surface area contributed by atoms with E-state index in [0.717, 1.165) is 34.6 Å². The molecule has 0 unspecified atom stereocenters. The number of halogens is 1. The molecule has 2 aromatic carbocycles. The Bertz CT molecular complexity index is 624. The molecule has 0 saturated heterocycles. The molecule has 0 aromatic heterocycles. The lowest BCUT2D eigenvalue weighted by Gasteiger charge is -2.21. The molecule has 0 fully saturated rings. The van der Waals surface area contributed by atoms with Gasteiger partial charge >= 0.3 is 6.03 Å². The average Bonchev–Trinajstić information content (AvgIpc) is 2.52. The summed E-state index contributed by atoms with van der Waals surface area (Å²) in [6.45, 7) is 6.18. The lowest BCUT2D eigenvalue weighted by atomic mass is 10.2. The predicted octanol–water partition coefficient (Wildman–Crippen LogP) is 4.94. The first kappa shape index (κ1) is 16.4. The molecule has 4 nitrogen and oxygen atoms in total. The van der Waals surface area contributed by atoms with Crippen LogP contribution in [0, 0.1) is 0 Å². The summed E-state index contributed by atoms with van der Waals surface area (Å²) in [6, 6.07) is 15.1. The van der Waals surface area contributed by atoms with Crippen molar-refractivity contribution in [2.24, 2.45) is 0 Å². The third-order valence-electron chi connectivity index (χ3n) is 3.38. The molecule has 116 valence electrons. The molecule has 0 bridgehead atoms. The minimum atomic E-state index is -0.262. The summed E-state index contributed by atoms with van der Waals surface area (Å²) >= 11 is 3.40. The molecule has 0 aliphatic carbocycles. The van der Waals surface area contributed by atoms with Crippen molar-refractivity contribution in [1.29, 1.82) is 0 Å². The number of nitrogens with zero attached hydrogens (tertiary/aromatic N) is 1. The number of urea groups is 1. The van der Waals surface area contributed by atoms with Crippen LogP contribution < -0.4 is 15.5 Å². The van der Waals surface area contributed by atoms with Crippen LogP contribution >= 0.6 is 15.9 Å². The second-order valence-corrected chi connectivity index (χ2v) is 5.63. The Kier molecular flexibility index (Phi) is 5.83. The van der Waals surface area contributed by atoms with Crippen molar-refractivity contribution in [2.75, 3.05) is 28.6 Å². The van der Waals surface area contributed by atoms with Gasteiger partial charge in [-0.2, -0.15) is 0 Å². The Morgan fingerprint density at radius 2 is 1.64 bits per heavy atom. The molecular formula is C17H20BrN3O. The summed E-state index contributed by atoms with van der Waals surface area (Å²) in [5, 5.41) is 5.64. The number of nitrogens with one attached hydrogen (secondary N) is 2. The predicted molar refractivity (Wildman–Crippen MR) is 96.8 cm³/mol. The van der Waals surface area contributed by atoms with Gasteiger partial charge in [-0.15, -0.1) is 0 Å². The van der Waals surface area contributed by atoms with Gasteiger partial charge in [-0.05, 0) is 66.2 Å². The molecule has 0 aliphatic rings. The van der Waals surface area contributed by atoms with Gasteiger partial charge in [0.15, 0.2) is 0 Å². The molecule has 0 radical (unpaired) electrons. The zero-order valence-electron chi connectivity index (χ0n) is 12.8. The molecular weight excluding hydrogens is 342 g/mol. The molecule has 0 spiro atoms. The maximum absolute atomic E-state index is 12.0. The van der Waals surface area contributed by atoms with Crippen LogP contribution in [-0.2, 0) is 0 Å². The highest BCUT2D eigenvalue weighted by atomic mass is 79.9. The first-order valence-corrected chi connectivity index (χ1v) is 8.11. The number of benzene rings is 2. The van der Waals surface area contributed by atoms with E-state index < -0.39 is 0 Å². The van der Waals surface area contributed by atoms with E-state index in [0.29, 0.717) is 0 Å². The lowest BCUT2D eigenvalue weighted by Crippen LogP contribution is -2.22. The van der Waals surface area contributed by atoms with E-state index >= 15 is 0 Å². The normalized spacial score (nSPS) is 10.1. The average molecular weight is 362 g/mol. The minimum Gasteiger partial charge on any atom is -0.372 e. The number of amides is 2. The monoisotopic (exact) mass is 361 g/mol. The highest BCUT2D eigenvalue weighted by Gasteiger charge is 2.06. The molecule has 0 aliphatic heterocycles. The maximum atomic E-state index is 12.0. The van der Waals surface area contributed by atoms with Gasteiger partial charge in [0.1, 0.15) is 0 Å². The van der Waals surface area contributed by atoms with Gasteiger partial charge in [0, 0.05) is 28.9 Å². The summed E-state index contributed by atoms with van der Waals surface area (Å²) in [4.78, 5) is 14.3. The van der Waals surface area contributed by atoms with Gasteiger partial charge in [0.2, 0.25) is 0 Å². The van der Waals surface area contributed by atoms with Crippen LogP contribution in [0.25, 0.3) is 0 Å². The van der Waals surface area contributed by atoms with Crippen molar-refractivity contribution in [2.45, 2.75) is 13.8 Å². The van der Waals surface area contributed by atoms with Gasteiger partial charge in [-0.3, -0.25) is 0 Å². The number of anilines is 3. The van der Waals surface area contributed by atoms with Crippen LogP contribution in [-0.4, -0.2) is 19.1 Å². The van der Waals surface area contributed by atoms with Crippen molar-refractivity contribution in [3.63, 3.8) is 0 Å². The SMILES string of the molecule is CCN(CC)c1ccc(NC(=O)Nc2ccccc2Br)cc1. The van der Waals surface area contributed by atoms with Gasteiger partial charge < -0.3 is 15.5 Å². The lowest BCUT2D eigenvalue weighted by molar-refractivity contribution is 0.262. The van der Waals surface area contributed by atoms with E-state index in [9.17, 15) is 4.79 Å². The minimum absolute atomic E-state index is 0.262. The molecule has 0 heterocycles. The first-order valence-electron chi connectivity index (χ1n) is 7.31. The van der Waals surface area contributed by atoms with Crippen LogP contribution in [0.15, 0.2) is 53.0 Å². The van der Waals surface area contributed by atoms with Crippen molar-refractivity contribution in [3.8, 4) is 0 Å². The first-order chi connectivity index (χ1) is 10.6. The molecule has 5 heteroatoms. The van der Waals surface area contributed by atoms with Crippen LogP contribution in [0.4, 0.5) is 21.9 Å². The number of rotatable bonds is 5. The highest BCUT2D eigenvalue weighted by Crippen LogP contribution is 2.22. The third kappa shape index (κ3) is 4.24. The Morgan fingerprint density at radius 3 is 2.23 bits per heavy atom. The van der Waals surface area contributed by atoms with E-state index in [1.807, 2.05) is 48.5 Å². The summed E-state index contributed by atoms with van der Waals surface area (Å²) in [7, 11) is 0. The maximum Gasteiger partial charge on any atom is 0.323 e. The standard InChI is InChI=1S/C17H20BrN3O/c1-3-21(4-2)14-11-9-13(10-12-14)19-17(22)20-16-8-6-5-7-15(16)18/h5-12H,3-4H2,1-2H3,(H2,19,20,22). The fourth-order valence-corrected chi connectivity index (χ4v) is 2.58. The van der Waals surface area contributed by atoms with Crippen LogP contribution in [0.1, 0.15) is 13.8 Å². The van der Waals surface area contributed by atoms with E-state index in [2.05, 4.69) is 45.3 Å². The molecule has 0 atom stereocenters. The van der Waals surface area contributed by atoms with Gasteiger partial charge in [-0.25, -0.2) is 4.79 Å². The molecule has 2 amide bonds. The molecule has 2 rings (SSSR count). The Hall–Kier alpha value is -2.01. The third-order valence-corrected chi connectivity index (χ3v) is 4.07. The molecule has 22 heavy (non-hydrogen) atoms. The van der Waals surface area contributed by atoms with Crippen molar-refractivity contribution < 1.29 is 4.79 Å². The molecule has 0 saturated carbocycles. The molecule has 2 aromatic rings. The van der Waals surface area contributed by atoms with Crippen LogP contribution in [0.5, 0.6) is 0 Å². The molecule has 2 N–H and O–H groups in total. The summed E-state index contributed by atoms with van der Waals surface area (Å²) in [5.74, 6) is 0. The zero-order valence-corrected chi connectivity index (χ0v) is 14.4. The Morgan fingerprint density at radius 1 is 1.00 bits per heavy atom. The fourth-order valence-electron chi connectivity index (χ4n) is 2.19. The summed E-state index contributed by atoms with van der Waals surface area (Å²) in [5.41, 5.74) is 2.65. The Balaban J connectivity index is 1.99. The van der Waals surface area contributed by atoms with Crippen molar-refractivity contribution in [3.05, 3.63) is 53.0 Å². The summed E-state index contributed by atoms with van der Waals surface area (Å²) < 4.78 is 0.849. The smallest absolute Gasteiger partial charge is 0.323 e. The van der Waals surface area contributed by atoms with Crippen molar-refractivity contribution in [1.82, 2.24) is 0 Å². The quantitative estimate of drug-likeness (QED) is 0.791. The van der Waals surface area contributed by atoms with Crippen LogP contribution in [0.2, 0.25) is 0 Å². The number of hydrogen-bond donors (Lipinski definition) is 2. The number of carbonyl (C=O) groups is 1. The van der Waals surface area contributed by atoms with Crippen LogP contribution in [0.3, 0.4) is 0 Å². The van der Waals surface area contributed by atoms with E-state index in [4.69, 9.17) is 0 Å². The number of hydrogen-bond acceptors (Lipinski definition) is 2. The zero-order chi connectivity index (χ0) is 15.9. The summed E-state index contributed by atoms with van der Waals surface area (Å²) in [6.07, 6.45) is 0. The topological polar surface area (TPSA) is 44.4 Å². The van der Waals surface area contributed by atoms with E-state index in [1.165, 1.54) is 0 Å². The second kappa shape index (κ2) is 7.84. The van der Waals surface area contributed by atoms with E-state index in [1.54, 1.807) is 0 Å². The van der Waals surface area contributed by atoms with E-state index in [-0.39, 0.29) is 6.03 Å². The van der Waals surface area contributed by atoms with Crippen molar-refractivity contribution >= 4 is 39.0 Å².